The smallest absolute Gasteiger partial charge is 0.253 e. The van der Waals surface area contributed by atoms with Crippen molar-refractivity contribution in [3.63, 3.8) is 0 Å². The van der Waals surface area contributed by atoms with E-state index in [1.807, 2.05) is 6.07 Å². The molecule has 0 spiro atoms. The topological polar surface area (TPSA) is 51.2 Å². The Morgan fingerprint density at radius 1 is 1.40 bits per heavy atom. The molecule has 1 heterocycles. The number of nitrogens with one attached hydrogen (secondary N) is 1. The highest BCUT2D eigenvalue weighted by Gasteiger charge is 2.10. The van der Waals surface area contributed by atoms with Gasteiger partial charge in [-0.2, -0.15) is 0 Å². The van der Waals surface area contributed by atoms with E-state index in [4.69, 9.17) is 16.3 Å². The summed E-state index contributed by atoms with van der Waals surface area (Å²) in [5.74, 6) is 0.282. The van der Waals surface area contributed by atoms with E-state index < -0.39 is 0 Å². The molecular weight excluding hydrogens is 344 g/mol. The summed E-state index contributed by atoms with van der Waals surface area (Å²) < 4.78 is 5.83. The van der Waals surface area contributed by atoms with Crippen LogP contribution in [0.3, 0.4) is 0 Å². The Labute approximate surface area is 130 Å². The minimum Gasteiger partial charge on any atom is -0.481 e. The number of pyridine rings is 1. The first-order valence-electron chi connectivity index (χ1n) is 5.82. The predicted octanol–water partition coefficient (Wildman–Crippen LogP) is 3.44. The third-order valence-corrected chi connectivity index (χ3v) is 3.46. The van der Waals surface area contributed by atoms with E-state index in [1.165, 1.54) is 0 Å². The molecule has 0 saturated heterocycles. The van der Waals surface area contributed by atoms with Gasteiger partial charge < -0.3 is 10.1 Å². The van der Waals surface area contributed by atoms with E-state index in [9.17, 15) is 4.79 Å². The number of hydrogen-bond acceptors (Lipinski definition) is 3. The largest absolute Gasteiger partial charge is 0.481 e. The number of methoxy groups -OCH3 is 1. The van der Waals surface area contributed by atoms with Crippen molar-refractivity contribution < 1.29 is 9.53 Å². The van der Waals surface area contributed by atoms with Crippen LogP contribution in [-0.4, -0.2) is 18.0 Å². The molecule has 0 saturated carbocycles. The lowest BCUT2D eigenvalue weighted by Crippen LogP contribution is -2.23. The van der Waals surface area contributed by atoms with Crippen LogP contribution in [0.25, 0.3) is 0 Å². The number of aromatic nitrogens is 1. The maximum Gasteiger partial charge on any atom is 0.253 e. The minimum atomic E-state index is -0.230. The zero-order chi connectivity index (χ0) is 14.5. The fraction of sp³-hybridized carbons (Fsp3) is 0.143. The molecule has 0 aliphatic carbocycles. The third-order valence-electron chi connectivity index (χ3n) is 2.63. The van der Waals surface area contributed by atoms with E-state index in [2.05, 4.69) is 26.2 Å². The van der Waals surface area contributed by atoms with Crippen molar-refractivity contribution in [1.82, 2.24) is 10.3 Å². The van der Waals surface area contributed by atoms with Gasteiger partial charge in [-0.05, 0) is 29.8 Å². The van der Waals surface area contributed by atoms with Crippen molar-refractivity contribution in [2.75, 3.05) is 7.11 Å². The molecule has 0 aliphatic heterocycles. The lowest BCUT2D eigenvalue weighted by Gasteiger charge is -2.08. The second-order valence-corrected chi connectivity index (χ2v) is 5.34. The number of benzene rings is 1. The number of rotatable bonds is 4. The zero-order valence-electron chi connectivity index (χ0n) is 10.7. The minimum absolute atomic E-state index is 0.230. The quantitative estimate of drug-likeness (QED) is 0.914. The molecule has 0 bridgehead atoms. The zero-order valence-corrected chi connectivity index (χ0v) is 13.0. The van der Waals surface area contributed by atoms with Crippen LogP contribution >= 0.6 is 27.5 Å². The average molecular weight is 356 g/mol. The molecule has 1 amide bonds. The van der Waals surface area contributed by atoms with E-state index in [-0.39, 0.29) is 5.91 Å². The molecule has 0 radical (unpaired) electrons. The number of ether oxygens (including phenoxy) is 1. The third kappa shape index (κ3) is 3.71. The van der Waals surface area contributed by atoms with Crippen LogP contribution < -0.4 is 10.1 Å². The summed E-state index contributed by atoms with van der Waals surface area (Å²) in [7, 11) is 1.55. The molecule has 4 nitrogen and oxygen atoms in total. The maximum atomic E-state index is 12.1. The number of carbonyl (C=O) groups excluding carboxylic acids is 1. The van der Waals surface area contributed by atoms with Crippen molar-refractivity contribution >= 4 is 33.4 Å². The monoisotopic (exact) mass is 354 g/mol. The highest BCUT2D eigenvalue weighted by Crippen LogP contribution is 2.21. The number of carbonyl (C=O) groups is 1. The van der Waals surface area contributed by atoms with Crippen molar-refractivity contribution in [2.45, 2.75) is 6.54 Å². The van der Waals surface area contributed by atoms with Gasteiger partial charge in [-0.15, -0.1) is 0 Å². The van der Waals surface area contributed by atoms with E-state index >= 15 is 0 Å². The average Bonchev–Trinajstić information content (AvgIpc) is 2.47. The van der Waals surface area contributed by atoms with Crippen molar-refractivity contribution in [1.29, 1.82) is 0 Å². The predicted molar refractivity (Wildman–Crippen MR) is 81.1 cm³/mol. The molecule has 0 fully saturated rings. The fourth-order valence-electron chi connectivity index (χ4n) is 1.62. The van der Waals surface area contributed by atoms with Crippen molar-refractivity contribution in [2.24, 2.45) is 0 Å². The number of hydrogen-bond donors (Lipinski definition) is 1. The van der Waals surface area contributed by atoms with E-state index in [0.717, 1.165) is 10.0 Å². The molecule has 20 heavy (non-hydrogen) atoms. The normalized spacial score (nSPS) is 10.2. The lowest BCUT2D eigenvalue weighted by atomic mass is 10.2. The summed E-state index contributed by atoms with van der Waals surface area (Å²) in [5.41, 5.74) is 1.33. The SMILES string of the molecule is COc1cc(CNC(=O)c2cc(Br)ccc2Cl)ccn1. The van der Waals surface area contributed by atoms with Crippen LogP contribution in [0.1, 0.15) is 15.9 Å². The fourth-order valence-corrected chi connectivity index (χ4v) is 2.19. The summed E-state index contributed by atoms with van der Waals surface area (Å²) in [4.78, 5) is 16.1. The molecule has 1 N–H and O–H groups in total. The van der Waals surface area contributed by atoms with Gasteiger partial charge in [-0.1, -0.05) is 27.5 Å². The molecule has 0 atom stereocenters. The van der Waals surface area contributed by atoms with Gasteiger partial charge in [-0.25, -0.2) is 4.98 Å². The van der Waals surface area contributed by atoms with Crippen molar-refractivity contribution in [3.8, 4) is 5.88 Å². The molecule has 2 rings (SSSR count). The summed E-state index contributed by atoms with van der Waals surface area (Å²) in [6.07, 6.45) is 1.63. The summed E-state index contributed by atoms with van der Waals surface area (Å²) in [6, 6.07) is 8.72. The second-order valence-electron chi connectivity index (χ2n) is 4.01. The van der Waals surface area contributed by atoms with Crippen LogP contribution in [0.5, 0.6) is 5.88 Å². The number of amides is 1. The Hall–Kier alpha value is -1.59. The van der Waals surface area contributed by atoms with Gasteiger partial charge in [0.15, 0.2) is 0 Å². The first-order chi connectivity index (χ1) is 9.60. The summed E-state index contributed by atoms with van der Waals surface area (Å²) >= 11 is 9.32. The number of halogens is 2. The Bertz CT molecular complexity index is 634. The first-order valence-corrected chi connectivity index (χ1v) is 6.99. The Balaban J connectivity index is 2.06. The molecule has 104 valence electrons. The van der Waals surface area contributed by atoms with E-state index in [0.29, 0.717) is 23.0 Å². The summed E-state index contributed by atoms with van der Waals surface area (Å²) in [6.45, 7) is 0.376. The Morgan fingerprint density at radius 2 is 2.20 bits per heavy atom. The molecule has 1 aromatic heterocycles. The molecule has 1 aromatic carbocycles. The Morgan fingerprint density at radius 3 is 2.95 bits per heavy atom. The lowest BCUT2D eigenvalue weighted by molar-refractivity contribution is 0.0951. The van der Waals surface area contributed by atoms with Crippen LogP contribution in [0.4, 0.5) is 0 Å². The van der Waals surface area contributed by atoms with Crippen LogP contribution in [-0.2, 0) is 6.54 Å². The molecule has 2 aromatic rings. The highest BCUT2D eigenvalue weighted by atomic mass is 79.9. The van der Waals surface area contributed by atoms with Crippen LogP contribution in [0.15, 0.2) is 41.0 Å². The Kier molecular flexibility index (Phi) is 4.98. The maximum absolute atomic E-state index is 12.1. The van der Waals surface area contributed by atoms with Crippen LogP contribution in [0, 0.1) is 0 Å². The van der Waals surface area contributed by atoms with E-state index in [1.54, 1.807) is 37.6 Å². The highest BCUT2D eigenvalue weighted by molar-refractivity contribution is 9.10. The summed E-state index contributed by atoms with van der Waals surface area (Å²) in [5, 5.41) is 3.22. The van der Waals surface area contributed by atoms with Gasteiger partial charge in [0.2, 0.25) is 5.88 Å². The van der Waals surface area contributed by atoms with Crippen LogP contribution in [0.2, 0.25) is 5.02 Å². The molecule has 6 heteroatoms. The van der Waals surface area contributed by atoms with Gasteiger partial charge in [0, 0.05) is 23.3 Å². The standard InChI is InChI=1S/C14H12BrClN2O2/c1-20-13-6-9(4-5-17-13)8-18-14(19)11-7-10(15)2-3-12(11)16/h2-7H,8H2,1H3,(H,18,19). The molecular formula is C14H12BrClN2O2. The van der Waals surface area contributed by atoms with Gasteiger partial charge in [0.05, 0.1) is 17.7 Å². The number of nitrogens with zero attached hydrogens (tertiary/aromatic N) is 1. The van der Waals surface area contributed by atoms with Gasteiger partial charge >= 0.3 is 0 Å². The van der Waals surface area contributed by atoms with Gasteiger partial charge in [0.1, 0.15) is 0 Å². The molecule has 0 unspecified atom stereocenters. The second kappa shape index (κ2) is 6.72. The molecule has 0 aliphatic rings. The van der Waals surface area contributed by atoms with Gasteiger partial charge in [0.25, 0.3) is 5.91 Å². The first kappa shape index (κ1) is 14.8. The van der Waals surface area contributed by atoms with Crippen molar-refractivity contribution in [3.05, 3.63) is 57.2 Å². The van der Waals surface area contributed by atoms with Gasteiger partial charge in [-0.3, -0.25) is 4.79 Å².